The number of carbonyl (C=O) groups is 4. The first-order valence-electron chi connectivity index (χ1n) is 9.03. The van der Waals surface area contributed by atoms with Crippen molar-refractivity contribution in [3.05, 3.63) is 48.1 Å². The summed E-state index contributed by atoms with van der Waals surface area (Å²) in [5.74, 6) is -2.05. The molecule has 0 bridgehead atoms. The molecule has 0 fully saturated rings. The zero-order valence-electron chi connectivity index (χ0n) is 16.0. The Kier molecular flexibility index (Phi) is 6.01. The van der Waals surface area contributed by atoms with Crippen LogP contribution in [0.1, 0.15) is 19.4 Å². The number of fused-ring (bicyclic) bond motifs is 1. The Hall–Kier alpha value is -3.55. The van der Waals surface area contributed by atoms with Crippen molar-refractivity contribution < 1.29 is 28.7 Å². The summed E-state index contributed by atoms with van der Waals surface area (Å²) < 4.78 is 9.85. The van der Waals surface area contributed by atoms with Crippen LogP contribution in [0.25, 0.3) is 5.57 Å². The van der Waals surface area contributed by atoms with Gasteiger partial charge in [-0.25, -0.2) is 0 Å². The average molecular weight is 396 g/mol. The summed E-state index contributed by atoms with van der Waals surface area (Å²) in [4.78, 5) is 51.4. The predicted octanol–water partition coefficient (Wildman–Crippen LogP) is 1.71. The number of benzene rings is 1. The molecule has 8 heteroatoms. The molecular formula is C21H20N2O6. The molecule has 1 aromatic carbocycles. The second kappa shape index (κ2) is 8.64. The minimum absolute atomic E-state index is 0.0607. The number of dihydropyridines is 1. The molecule has 1 aliphatic carbocycles. The minimum atomic E-state index is -1.06. The lowest BCUT2D eigenvalue weighted by molar-refractivity contribution is -0.182. The molecule has 0 radical (unpaired) electrons. The van der Waals surface area contributed by atoms with E-state index < -0.39 is 30.2 Å². The predicted molar refractivity (Wildman–Crippen MR) is 105 cm³/mol. The second-order valence-corrected chi connectivity index (χ2v) is 6.58. The van der Waals surface area contributed by atoms with Crippen molar-refractivity contribution in [1.29, 1.82) is 0 Å². The van der Waals surface area contributed by atoms with E-state index in [0.717, 1.165) is 0 Å². The van der Waals surface area contributed by atoms with Crippen LogP contribution in [0, 0.1) is 5.92 Å². The number of esters is 2. The molecule has 8 nitrogen and oxygen atoms in total. The number of aliphatic imine (C=N–C) groups is 1. The Labute approximate surface area is 167 Å². The lowest BCUT2D eigenvalue weighted by Gasteiger charge is -2.26. The molecule has 150 valence electrons. The van der Waals surface area contributed by atoms with Crippen molar-refractivity contribution in [2.24, 2.45) is 10.9 Å². The van der Waals surface area contributed by atoms with Gasteiger partial charge in [0.15, 0.2) is 11.6 Å². The maximum atomic E-state index is 12.8. The van der Waals surface area contributed by atoms with E-state index >= 15 is 0 Å². The van der Waals surface area contributed by atoms with Gasteiger partial charge in [0, 0.05) is 31.3 Å². The Morgan fingerprint density at radius 3 is 2.38 bits per heavy atom. The molecule has 0 saturated carbocycles. The van der Waals surface area contributed by atoms with Gasteiger partial charge in [-0.1, -0.05) is 18.2 Å². The largest absolute Gasteiger partial charge is 0.423 e. The van der Waals surface area contributed by atoms with Crippen LogP contribution in [-0.4, -0.2) is 48.6 Å². The van der Waals surface area contributed by atoms with Crippen molar-refractivity contribution in [2.45, 2.75) is 26.2 Å². The third-order valence-electron chi connectivity index (χ3n) is 4.40. The monoisotopic (exact) mass is 396 g/mol. The van der Waals surface area contributed by atoms with E-state index in [4.69, 9.17) is 9.47 Å². The number of ether oxygens (including phenoxy) is 2. The smallest absolute Gasteiger partial charge is 0.305 e. The van der Waals surface area contributed by atoms with E-state index in [-0.39, 0.29) is 18.1 Å². The average Bonchev–Trinajstić information content (AvgIpc) is 2.68. The minimum Gasteiger partial charge on any atom is -0.423 e. The van der Waals surface area contributed by atoms with Crippen LogP contribution >= 0.6 is 0 Å². The Bertz CT molecular complexity index is 913. The van der Waals surface area contributed by atoms with Crippen LogP contribution in [0.4, 0.5) is 5.69 Å². The van der Waals surface area contributed by atoms with E-state index in [2.05, 4.69) is 10.3 Å². The van der Waals surface area contributed by atoms with Crippen LogP contribution in [0.15, 0.2) is 47.5 Å². The number of nitrogens with one attached hydrogen (secondary N) is 1. The normalized spacial score (nSPS) is 20.2. The third kappa shape index (κ3) is 4.84. The number of hydrogen-bond donors (Lipinski definition) is 1. The second-order valence-electron chi connectivity index (χ2n) is 6.58. The highest BCUT2D eigenvalue weighted by molar-refractivity contribution is 6.31. The lowest BCUT2D eigenvalue weighted by atomic mass is 9.79. The first-order valence-corrected chi connectivity index (χ1v) is 9.03. The Morgan fingerprint density at radius 1 is 1.10 bits per heavy atom. The summed E-state index contributed by atoms with van der Waals surface area (Å²) >= 11 is 0. The fraction of sp³-hybridized carbons (Fsp3) is 0.286. The number of carbonyl (C=O) groups excluding carboxylic acids is 4. The van der Waals surface area contributed by atoms with E-state index in [0.29, 0.717) is 16.8 Å². The summed E-state index contributed by atoms with van der Waals surface area (Å²) in [6.07, 6.45) is 5.20. The molecule has 0 spiro atoms. The van der Waals surface area contributed by atoms with Gasteiger partial charge in [-0.3, -0.25) is 24.2 Å². The van der Waals surface area contributed by atoms with Crippen molar-refractivity contribution >= 4 is 41.0 Å². The molecular weight excluding hydrogens is 376 g/mol. The molecule has 2 atom stereocenters. The van der Waals surface area contributed by atoms with Gasteiger partial charge >= 0.3 is 11.9 Å². The van der Waals surface area contributed by atoms with E-state index in [1.54, 1.807) is 36.4 Å². The van der Waals surface area contributed by atoms with E-state index in [1.807, 2.05) is 0 Å². The quantitative estimate of drug-likeness (QED) is 0.575. The van der Waals surface area contributed by atoms with Crippen LogP contribution < -0.4 is 5.32 Å². The summed E-state index contributed by atoms with van der Waals surface area (Å²) in [5, 5.41) is 2.99. The molecule has 2 aliphatic rings. The molecule has 2 unspecified atom stereocenters. The van der Waals surface area contributed by atoms with Gasteiger partial charge in [-0.15, -0.1) is 0 Å². The van der Waals surface area contributed by atoms with Gasteiger partial charge in [0.05, 0.1) is 12.5 Å². The summed E-state index contributed by atoms with van der Waals surface area (Å²) in [6, 6.07) is 6.18. The van der Waals surface area contributed by atoms with Crippen molar-refractivity contribution in [3.8, 4) is 0 Å². The van der Waals surface area contributed by atoms with Crippen molar-refractivity contribution in [1.82, 2.24) is 0 Å². The van der Waals surface area contributed by atoms with Gasteiger partial charge in [-0.05, 0) is 29.8 Å². The molecule has 1 aliphatic heterocycles. The maximum Gasteiger partial charge on any atom is 0.305 e. The maximum absolute atomic E-state index is 12.8. The summed E-state index contributed by atoms with van der Waals surface area (Å²) in [7, 11) is 0. The summed E-state index contributed by atoms with van der Waals surface area (Å²) in [6.45, 7) is 2.50. The van der Waals surface area contributed by atoms with Crippen LogP contribution in [0.3, 0.4) is 0 Å². The molecule has 1 N–H and O–H groups in total. The van der Waals surface area contributed by atoms with E-state index in [1.165, 1.54) is 26.1 Å². The number of hydrogen-bond acceptors (Lipinski definition) is 8. The lowest BCUT2D eigenvalue weighted by Crippen LogP contribution is -2.37. The van der Waals surface area contributed by atoms with Crippen molar-refractivity contribution in [2.75, 3.05) is 11.9 Å². The molecule has 0 aromatic heterocycles. The van der Waals surface area contributed by atoms with Crippen molar-refractivity contribution in [3.63, 3.8) is 0 Å². The highest BCUT2D eigenvalue weighted by atomic mass is 16.7. The number of anilines is 1. The zero-order valence-corrected chi connectivity index (χ0v) is 16.0. The fourth-order valence-corrected chi connectivity index (χ4v) is 3.14. The SMILES string of the molecule is CC(=O)OC(CNc1ccc(C2=CC(=O)C3N=CC=CC3C2=O)cc1)OC(C)=O. The van der Waals surface area contributed by atoms with Gasteiger partial charge in [0.2, 0.25) is 0 Å². The van der Waals surface area contributed by atoms with Gasteiger partial charge in [0.1, 0.15) is 6.04 Å². The number of Topliss-reactive ketones (excluding diaryl/α,β-unsaturated/α-hetero) is 1. The van der Waals surface area contributed by atoms with Crippen LogP contribution in [0.2, 0.25) is 0 Å². The first kappa shape index (κ1) is 20.2. The molecule has 0 saturated heterocycles. The first-order chi connectivity index (χ1) is 13.8. The molecule has 3 rings (SSSR count). The molecule has 1 aromatic rings. The van der Waals surface area contributed by atoms with E-state index in [9.17, 15) is 19.2 Å². The third-order valence-corrected chi connectivity index (χ3v) is 4.40. The van der Waals surface area contributed by atoms with Gasteiger partial charge in [0.25, 0.3) is 6.29 Å². The Morgan fingerprint density at radius 2 is 1.76 bits per heavy atom. The molecule has 29 heavy (non-hydrogen) atoms. The Balaban J connectivity index is 1.70. The highest BCUT2D eigenvalue weighted by Gasteiger charge is 2.37. The topological polar surface area (TPSA) is 111 Å². The molecule has 0 amide bonds. The van der Waals surface area contributed by atoms with Gasteiger partial charge < -0.3 is 14.8 Å². The molecule has 1 heterocycles. The number of allylic oxidation sites excluding steroid dienone is 2. The summed E-state index contributed by atoms with van der Waals surface area (Å²) in [5.41, 5.74) is 1.63. The van der Waals surface area contributed by atoms with Gasteiger partial charge in [-0.2, -0.15) is 0 Å². The fourth-order valence-electron chi connectivity index (χ4n) is 3.14. The van der Waals surface area contributed by atoms with Crippen LogP contribution in [0.5, 0.6) is 0 Å². The zero-order chi connectivity index (χ0) is 21.0. The number of nitrogens with zero attached hydrogens (tertiary/aromatic N) is 1. The van der Waals surface area contributed by atoms with Crippen LogP contribution in [-0.2, 0) is 28.7 Å². The number of ketones is 2. The number of rotatable bonds is 6. The highest BCUT2D eigenvalue weighted by Crippen LogP contribution is 2.30. The standard InChI is InChI=1S/C21H20N2O6/c1-12(24)28-19(29-13(2)25)11-23-15-7-5-14(6-8-15)17-10-18(26)20-16(21(17)27)4-3-9-22-20/h3-10,16,19-20,23H,11H2,1-2H3.